The van der Waals surface area contributed by atoms with E-state index in [1.54, 1.807) is 24.3 Å². The molecule has 4 aromatic rings. The number of hydrogen-bond acceptors (Lipinski definition) is 5. The lowest BCUT2D eigenvalue weighted by molar-refractivity contribution is -0.130. The summed E-state index contributed by atoms with van der Waals surface area (Å²) >= 11 is 0. The zero-order valence-electron chi connectivity index (χ0n) is 22.9. The molecule has 3 aliphatic rings. The molecule has 7 rings (SSSR count). The zero-order valence-corrected chi connectivity index (χ0v) is 22.9. The normalized spacial score (nSPS) is 24.7. The molecule has 9 heteroatoms. The Balaban J connectivity index is 1.35. The molecule has 0 bridgehead atoms. The fourth-order valence-electron chi connectivity index (χ4n) is 6.98. The maximum Gasteiger partial charge on any atom is 0.250 e. The van der Waals surface area contributed by atoms with Crippen LogP contribution in [0.3, 0.4) is 0 Å². The van der Waals surface area contributed by atoms with Crippen molar-refractivity contribution in [2.45, 2.75) is 38.8 Å². The number of nitrogens with zero attached hydrogens (tertiary/aromatic N) is 1. The average molecular weight is 548 g/mol. The van der Waals surface area contributed by atoms with Crippen molar-refractivity contribution in [3.05, 3.63) is 89.1 Å². The number of aromatic amines is 1. The third kappa shape index (κ3) is 3.52. The van der Waals surface area contributed by atoms with Crippen LogP contribution in [0.2, 0.25) is 0 Å². The van der Waals surface area contributed by atoms with Crippen molar-refractivity contribution in [3.8, 4) is 0 Å². The quantitative estimate of drug-likeness (QED) is 0.289. The first-order valence-corrected chi connectivity index (χ1v) is 13.7. The van der Waals surface area contributed by atoms with Crippen LogP contribution in [0.4, 0.5) is 17.1 Å². The third-order valence-electron chi connectivity index (χ3n) is 8.98. The first-order valence-electron chi connectivity index (χ1n) is 13.7. The number of carbonyl (C=O) groups is 4. The van der Waals surface area contributed by atoms with Crippen LogP contribution in [0.15, 0.2) is 66.9 Å². The van der Waals surface area contributed by atoms with Gasteiger partial charge in [-0.2, -0.15) is 0 Å². The number of imide groups is 1. The molecule has 4 atom stereocenters. The topological polar surface area (TPSA) is 123 Å². The Bertz CT molecular complexity index is 1790. The summed E-state index contributed by atoms with van der Waals surface area (Å²) in [4.78, 5) is 58.4. The van der Waals surface area contributed by atoms with Crippen LogP contribution < -0.4 is 20.9 Å². The van der Waals surface area contributed by atoms with Gasteiger partial charge in [0.25, 0.3) is 0 Å². The van der Waals surface area contributed by atoms with Crippen molar-refractivity contribution < 1.29 is 19.2 Å². The minimum Gasteiger partial charge on any atom is -0.361 e. The van der Waals surface area contributed by atoms with E-state index in [-0.39, 0.29) is 17.7 Å². The number of H-pyrrole nitrogens is 1. The standard InChI is InChI=1S/C32H29N5O4/c1-16-8-13-23-28(17(16)2)35-31(41)32(23)27-26(25(36-32)14-19-15-33-24-7-5-4-6-22(19)24)29(39)37(30(27)40)21-11-9-20(10-12-21)34-18(3)38/h4-13,15,25-27,33,36H,14H2,1-3H3,(H,34,38)(H,35,41)/t25-,26-,27+,32-/m1/s1. The molecule has 1 aromatic heterocycles. The number of nitrogens with one attached hydrogen (secondary N) is 4. The number of hydrogen-bond donors (Lipinski definition) is 4. The van der Waals surface area contributed by atoms with Crippen LogP contribution in [0.1, 0.15) is 29.2 Å². The van der Waals surface area contributed by atoms with Crippen molar-refractivity contribution in [2.24, 2.45) is 11.8 Å². The van der Waals surface area contributed by atoms with Crippen LogP contribution in [0.5, 0.6) is 0 Å². The van der Waals surface area contributed by atoms with Crippen molar-refractivity contribution in [1.82, 2.24) is 10.3 Å². The largest absolute Gasteiger partial charge is 0.361 e. The van der Waals surface area contributed by atoms with Gasteiger partial charge in [0.05, 0.1) is 17.5 Å². The van der Waals surface area contributed by atoms with Gasteiger partial charge in [0, 0.05) is 47.0 Å². The smallest absolute Gasteiger partial charge is 0.250 e. The van der Waals surface area contributed by atoms with E-state index in [9.17, 15) is 19.2 Å². The highest BCUT2D eigenvalue weighted by Crippen LogP contribution is 2.54. The monoisotopic (exact) mass is 547 g/mol. The van der Waals surface area contributed by atoms with E-state index in [2.05, 4.69) is 20.9 Å². The summed E-state index contributed by atoms with van der Waals surface area (Å²) in [5, 5.41) is 10.3. The Hall–Kier alpha value is -4.76. The Labute approximate surface area is 236 Å². The van der Waals surface area contributed by atoms with Gasteiger partial charge in [-0.25, -0.2) is 4.90 Å². The minimum atomic E-state index is -1.38. The molecule has 1 spiro atoms. The summed E-state index contributed by atoms with van der Waals surface area (Å²) in [7, 11) is 0. The molecule has 4 heterocycles. The van der Waals surface area contributed by atoms with Gasteiger partial charge in [-0.1, -0.05) is 30.3 Å². The van der Waals surface area contributed by atoms with Crippen LogP contribution in [0, 0.1) is 25.7 Å². The molecule has 3 aliphatic heterocycles. The summed E-state index contributed by atoms with van der Waals surface area (Å²) in [6.07, 6.45) is 2.39. The second-order valence-corrected chi connectivity index (χ2v) is 11.3. The summed E-state index contributed by atoms with van der Waals surface area (Å²) in [6, 6.07) is 17.9. The second kappa shape index (κ2) is 8.87. The molecule has 0 aliphatic carbocycles. The molecular weight excluding hydrogens is 518 g/mol. The fraction of sp³-hybridized carbons (Fsp3) is 0.250. The molecule has 9 nitrogen and oxygen atoms in total. The predicted molar refractivity (Wildman–Crippen MR) is 155 cm³/mol. The summed E-state index contributed by atoms with van der Waals surface area (Å²) < 4.78 is 0. The third-order valence-corrected chi connectivity index (χ3v) is 8.98. The van der Waals surface area contributed by atoms with Crippen LogP contribution in [-0.4, -0.2) is 34.7 Å². The molecule has 0 radical (unpaired) electrons. The van der Waals surface area contributed by atoms with E-state index >= 15 is 0 Å². The first-order chi connectivity index (χ1) is 19.7. The lowest BCUT2D eigenvalue weighted by Gasteiger charge is -2.29. The number of rotatable bonds is 4. The van der Waals surface area contributed by atoms with Crippen molar-refractivity contribution in [1.29, 1.82) is 0 Å². The highest BCUT2D eigenvalue weighted by Gasteiger charge is 2.70. The minimum absolute atomic E-state index is 0.217. The van der Waals surface area contributed by atoms with E-state index in [1.807, 2.05) is 56.4 Å². The number of para-hydroxylation sites is 1. The summed E-state index contributed by atoms with van der Waals surface area (Å²) in [5.41, 5.74) is 4.94. The van der Waals surface area contributed by atoms with Crippen molar-refractivity contribution >= 4 is 51.6 Å². The van der Waals surface area contributed by atoms with Crippen LogP contribution in [-0.2, 0) is 31.1 Å². The molecule has 206 valence electrons. The van der Waals surface area contributed by atoms with Crippen molar-refractivity contribution in [2.75, 3.05) is 15.5 Å². The maximum atomic E-state index is 14.3. The molecule has 41 heavy (non-hydrogen) atoms. The molecule has 2 saturated heterocycles. The van der Waals surface area contributed by atoms with Crippen LogP contribution in [0.25, 0.3) is 10.9 Å². The molecule has 2 fully saturated rings. The Morgan fingerprint density at radius 2 is 1.73 bits per heavy atom. The average Bonchev–Trinajstić information content (AvgIpc) is 3.66. The molecule has 4 amide bonds. The number of anilines is 3. The Morgan fingerprint density at radius 3 is 2.49 bits per heavy atom. The van der Waals surface area contributed by atoms with E-state index in [0.29, 0.717) is 29.0 Å². The summed E-state index contributed by atoms with van der Waals surface area (Å²) in [6.45, 7) is 5.35. The van der Waals surface area contributed by atoms with E-state index < -0.39 is 29.3 Å². The van der Waals surface area contributed by atoms with Gasteiger partial charge < -0.3 is 15.6 Å². The fourth-order valence-corrected chi connectivity index (χ4v) is 6.98. The highest BCUT2D eigenvalue weighted by molar-refractivity contribution is 6.26. The van der Waals surface area contributed by atoms with Gasteiger partial charge in [-0.15, -0.1) is 0 Å². The van der Waals surface area contributed by atoms with Gasteiger partial charge in [-0.05, 0) is 67.3 Å². The lowest BCUT2D eigenvalue weighted by Crippen LogP contribution is -2.53. The van der Waals surface area contributed by atoms with Crippen molar-refractivity contribution in [3.63, 3.8) is 0 Å². The molecule has 3 aromatic carbocycles. The van der Waals surface area contributed by atoms with Crippen LogP contribution >= 0.6 is 0 Å². The molecular formula is C32H29N5O4. The number of benzene rings is 3. The molecule has 4 N–H and O–H groups in total. The molecule has 0 saturated carbocycles. The lowest BCUT2D eigenvalue weighted by atomic mass is 9.75. The maximum absolute atomic E-state index is 14.3. The number of fused-ring (bicyclic) bond motifs is 5. The predicted octanol–water partition coefficient (Wildman–Crippen LogP) is 3.91. The van der Waals surface area contributed by atoms with Gasteiger partial charge in [0.1, 0.15) is 5.54 Å². The zero-order chi connectivity index (χ0) is 28.6. The number of aryl methyl sites for hydroxylation is 1. The van der Waals surface area contributed by atoms with Gasteiger partial charge in [0.15, 0.2) is 0 Å². The number of carbonyl (C=O) groups excluding carboxylic acids is 4. The Kier molecular flexibility index (Phi) is 5.46. The van der Waals surface area contributed by atoms with E-state index in [1.165, 1.54) is 11.8 Å². The Morgan fingerprint density at radius 1 is 0.976 bits per heavy atom. The number of amides is 4. The van der Waals surface area contributed by atoms with E-state index in [4.69, 9.17) is 0 Å². The second-order valence-electron chi connectivity index (χ2n) is 11.3. The number of aromatic nitrogens is 1. The van der Waals surface area contributed by atoms with E-state index in [0.717, 1.165) is 27.6 Å². The SMILES string of the molecule is CC(=O)Nc1ccc(N2C(=O)[C@H]3[C@@H](C2=O)[C@@]2(N[C@@H]3Cc3c[nH]c4ccccc34)C(=O)Nc3c2ccc(C)c3C)cc1. The van der Waals surface area contributed by atoms with Gasteiger partial charge in [-0.3, -0.25) is 24.5 Å². The summed E-state index contributed by atoms with van der Waals surface area (Å²) in [5.74, 6) is -2.98. The first kappa shape index (κ1) is 25.2. The molecule has 0 unspecified atom stereocenters. The highest BCUT2D eigenvalue weighted by atomic mass is 16.2. The van der Waals surface area contributed by atoms with Gasteiger partial charge >= 0.3 is 0 Å². The van der Waals surface area contributed by atoms with Gasteiger partial charge in [0.2, 0.25) is 23.6 Å².